The van der Waals surface area contributed by atoms with Crippen molar-refractivity contribution >= 4 is 11.9 Å². The van der Waals surface area contributed by atoms with Gasteiger partial charge in [-0.1, -0.05) is 0 Å². The van der Waals surface area contributed by atoms with E-state index < -0.39 is 0 Å². The number of amides is 3. The second kappa shape index (κ2) is 4.11. The molecule has 0 saturated carbocycles. The van der Waals surface area contributed by atoms with Crippen LogP contribution in [0.15, 0.2) is 0 Å². The lowest BCUT2D eigenvalue weighted by atomic mass is 10.3. The minimum atomic E-state index is -0.373. The number of carbonyl (C=O) groups excluding carboxylic acids is 2. The van der Waals surface area contributed by atoms with Crippen LogP contribution >= 0.6 is 0 Å². The van der Waals surface area contributed by atoms with Gasteiger partial charge in [-0.25, -0.2) is 4.79 Å². The van der Waals surface area contributed by atoms with E-state index in [1.165, 1.54) is 4.90 Å². The normalized spacial score (nSPS) is 18.3. The van der Waals surface area contributed by atoms with Gasteiger partial charge in [-0.3, -0.25) is 4.79 Å². The van der Waals surface area contributed by atoms with Crippen LogP contribution in [0.3, 0.4) is 0 Å². The Morgan fingerprint density at radius 2 is 2.46 bits per heavy atom. The summed E-state index contributed by atoms with van der Waals surface area (Å²) >= 11 is 0. The Labute approximate surface area is 77.5 Å². The molecule has 74 valence electrons. The van der Waals surface area contributed by atoms with Gasteiger partial charge in [0.15, 0.2) is 0 Å². The number of urea groups is 1. The molecule has 3 amide bonds. The summed E-state index contributed by atoms with van der Waals surface area (Å²) in [6.45, 7) is 5.42. The number of carbonyl (C=O) groups is 2. The Balaban J connectivity index is 2.50. The van der Waals surface area contributed by atoms with Crippen molar-refractivity contribution in [2.75, 3.05) is 19.6 Å². The van der Waals surface area contributed by atoms with Crippen LogP contribution < -0.4 is 10.6 Å². The van der Waals surface area contributed by atoms with Crippen LogP contribution in [-0.4, -0.2) is 42.5 Å². The Morgan fingerprint density at radius 3 is 2.92 bits per heavy atom. The monoisotopic (exact) mass is 185 g/mol. The molecule has 0 aromatic carbocycles. The van der Waals surface area contributed by atoms with Gasteiger partial charge in [0, 0.05) is 19.6 Å². The first-order valence-electron chi connectivity index (χ1n) is 4.49. The zero-order valence-electron chi connectivity index (χ0n) is 7.96. The van der Waals surface area contributed by atoms with Crippen molar-refractivity contribution in [3.05, 3.63) is 0 Å². The summed E-state index contributed by atoms with van der Waals surface area (Å²) in [7, 11) is 0. The van der Waals surface area contributed by atoms with Crippen molar-refractivity contribution in [3.63, 3.8) is 0 Å². The fourth-order valence-corrected chi connectivity index (χ4v) is 1.32. The van der Waals surface area contributed by atoms with Crippen molar-refractivity contribution in [2.45, 2.75) is 19.9 Å². The minimum absolute atomic E-state index is 0.0976. The lowest BCUT2D eigenvalue weighted by Crippen LogP contribution is -2.46. The maximum Gasteiger partial charge on any atom is 0.318 e. The zero-order valence-corrected chi connectivity index (χ0v) is 7.96. The van der Waals surface area contributed by atoms with E-state index in [2.05, 4.69) is 10.6 Å². The molecule has 1 aliphatic rings. The number of hydrogen-bond donors (Lipinski definition) is 2. The molecule has 5 nitrogen and oxygen atoms in total. The second-order valence-electron chi connectivity index (χ2n) is 3.00. The first-order chi connectivity index (χ1) is 6.16. The van der Waals surface area contributed by atoms with Crippen molar-refractivity contribution in [1.82, 2.24) is 15.5 Å². The first kappa shape index (κ1) is 9.83. The molecule has 0 aromatic rings. The van der Waals surface area contributed by atoms with E-state index in [4.69, 9.17) is 0 Å². The highest BCUT2D eigenvalue weighted by Crippen LogP contribution is 2.03. The topological polar surface area (TPSA) is 61.4 Å². The van der Waals surface area contributed by atoms with Gasteiger partial charge in [-0.05, 0) is 13.8 Å². The van der Waals surface area contributed by atoms with Crippen molar-refractivity contribution in [1.29, 1.82) is 0 Å². The summed E-state index contributed by atoms with van der Waals surface area (Å²) in [4.78, 5) is 24.0. The van der Waals surface area contributed by atoms with Crippen LogP contribution in [0.5, 0.6) is 0 Å². The second-order valence-corrected chi connectivity index (χ2v) is 3.00. The minimum Gasteiger partial charge on any atom is -0.355 e. The van der Waals surface area contributed by atoms with Gasteiger partial charge in [0.2, 0.25) is 5.91 Å². The largest absolute Gasteiger partial charge is 0.355 e. The molecule has 1 atom stereocenters. The molecule has 2 N–H and O–H groups in total. The predicted molar refractivity (Wildman–Crippen MR) is 48.3 cm³/mol. The summed E-state index contributed by atoms with van der Waals surface area (Å²) in [5.41, 5.74) is 0. The Morgan fingerprint density at radius 1 is 1.77 bits per heavy atom. The fourth-order valence-electron chi connectivity index (χ4n) is 1.32. The SMILES string of the molecule is CCNC(=O)C(C)N1CCNC1=O. The molecule has 0 radical (unpaired) electrons. The summed E-state index contributed by atoms with van der Waals surface area (Å²) in [5.74, 6) is -0.0976. The Kier molecular flexibility index (Phi) is 3.11. The highest BCUT2D eigenvalue weighted by Gasteiger charge is 2.28. The molecule has 1 unspecified atom stereocenters. The van der Waals surface area contributed by atoms with E-state index in [1.54, 1.807) is 6.92 Å². The zero-order chi connectivity index (χ0) is 9.84. The van der Waals surface area contributed by atoms with E-state index >= 15 is 0 Å². The van der Waals surface area contributed by atoms with Crippen molar-refractivity contribution in [3.8, 4) is 0 Å². The van der Waals surface area contributed by atoms with Gasteiger partial charge in [-0.15, -0.1) is 0 Å². The number of nitrogens with one attached hydrogen (secondary N) is 2. The highest BCUT2D eigenvalue weighted by atomic mass is 16.2. The van der Waals surface area contributed by atoms with Gasteiger partial charge in [-0.2, -0.15) is 0 Å². The van der Waals surface area contributed by atoms with Gasteiger partial charge < -0.3 is 15.5 Å². The standard InChI is InChI=1S/C8H15N3O2/c1-3-9-7(12)6(2)11-5-4-10-8(11)13/h6H,3-5H2,1-2H3,(H,9,12)(H,10,13). The smallest absolute Gasteiger partial charge is 0.318 e. The Bertz CT molecular complexity index is 217. The molecule has 1 saturated heterocycles. The molecule has 0 spiro atoms. The van der Waals surface area contributed by atoms with Gasteiger partial charge in [0.25, 0.3) is 0 Å². The van der Waals surface area contributed by atoms with Crippen LogP contribution in [0.25, 0.3) is 0 Å². The van der Waals surface area contributed by atoms with Crippen LogP contribution in [0.1, 0.15) is 13.8 Å². The highest BCUT2D eigenvalue weighted by molar-refractivity contribution is 5.87. The molecule has 1 heterocycles. The van der Waals surface area contributed by atoms with Gasteiger partial charge in [0.1, 0.15) is 6.04 Å². The lowest BCUT2D eigenvalue weighted by molar-refractivity contribution is -0.124. The molecule has 0 aliphatic carbocycles. The van der Waals surface area contributed by atoms with Crippen LogP contribution in [0.4, 0.5) is 4.79 Å². The number of hydrogen-bond acceptors (Lipinski definition) is 2. The predicted octanol–water partition coefficient (Wildman–Crippen LogP) is -0.464. The van der Waals surface area contributed by atoms with Gasteiger partial charge >= 0.3 is 6.03 Å². The van der Waals surface area contributed by atoms with Crippen LogP contribution in [0, 0.1) is 0 Å². The number of rotatable bonds is 3. The molecule has 0 aromatic heterocycles. The average Bonchev–Trinajstić information content (AvgIpc) is 2.50. The van der Waals surface area contributed by atoms with Crippen LogP contribution in [-0.2, 0) is 4.79 Å². The number of likely N-dealkylation sites (N-methyl/N-ethyl adjacent to an activating group) is 1. The molecule has 1 fully saturated rings. The number of nitrogens with zero attached hydrogens (tertiary/aromatic N) is 1. The molecule has 1 aliphatic heterocycles. The lowest BCUT2D eigenvalue weighted by Gasteiger charge is -2.21. The third-order valence-corrected chi connectivity index (χ3v) is 2.09. The van der Waals surface area contributed by atoms with E-state index in [9.17, 15) is 9.59 Å². The maximum atomic E-state index is 11.3. The maximum absolute atomic E-state index is 11.3. The van der Waals surface area contributed by atoms with Gasteiger partial charge in [0.05, 0.1) is 0 Å². The average molecular weight is 185 g/mol. The fraction of sp³-hybridized carbons (Fsp3) is 0.750. The summed E-state index contributed by atoms with van der Waals surface area (Å²) in [6.07, 6.45) is 0. The quantitative estimate of drug-likeness (QED) is 0.624. The summed E-state index contributed by atoms with van der Waals surface area (Å²) in [5, 5.41) is 5.34. The summed E-state index contributed by atoms with van der Waals surface area (Å²) < 4.78 is 0. The van der Waals surface area contributed by atoms with Crippen LogP contribution in [0.2, 0.25) is 0 Å². The molecule has 13 heavy (non-hydrogen) atoms. The third-order valence-electron chi connectivity index (χ3n) is 2.09. The van der Waals surface area contributed by atoms with Crippen molar-refractivity contribution in [2.24, 2.45) is 0 Å². The third kappa shape index (κ3) is 2.11. The molecule has 5 heteroatoms. The Hall–Kier alpha value is -1.26. The molecular formula is C8H15N3O2. The van der Waals surface area contributed by atoms with Crippen molar-refractivity contribution < 1.29 is 9.59 Å². The van der Waals surface area contributed by atoms with E-state index in [0.29, 0.717) is 19.6 Å². The molecule has 0 bridgehead atoms. The summed E-state index contributed by atoms with van der Waals surface area (Å²) in [6, 6.07) is -0.527. The first-order valence-corrected chi connectivity index (χ1v) is 4.49. The van der Waals surface area contributed by atoms with E-state index in [-0.39, 0.29) is 18.0 Å². The van der Waals surface area contributed by atoms with E-state index in [1.807, 2.05) is 6.92 Å². The van der Waals surface area contributed by atoms with E-state index in [0.717, 1.165) is 0 Å². The molecular weight excluding hydrogens is 170 g/mol. The molecule has 1 rings (SSSR count).